The molecule has 0 unspecified atom stereocenters. The van der Waals surface area contributed by atoms with Crippen molar-refractivity contribution in [2.75, 3.05) is 13.1 Å². The van der Waals surface area contributed by atoms with Gasteiger partial charge in [0.15, 0.2) is 0 Å². The maximum Gasteiger partial charge on any atom is 0.234 e. The minimum Gasteiger partial charge on any atom is -0.351 e. The van der Waals surface area contributed by atoms with E-state index < -0.39 is 0 Å². The van der Waals surface area contributed by atoms with Crippen molar-refractivity contribution in [2.45, 2.75) is 26.8 Å². The van der Waals surface area contributed by atoms with Crippen LogP contribution in [0.5, 0.6) is 0 Å². The standard InChI is InChI=1S/C12H19N3O/c1-3-6-13-9-12(16)15-8-11-5-4-10(2)14-7-11/h4-5,7,13H,3,6,8-9H2,1-2H3,(H,15,16). The molecule has 0 fully saturated rings. The minimum atomic E-state index is 0.0222. The molecule has 0 saturated carbocycles. The highest BCUT2D eigenvalue weighted by Gasteiger charge is 2.00. The molecule has 0 bridgehead atoms. The molecule has 4 heteroatoms. The van der Waals surface area contributed by atoms with Gasteiger partial charge in [-0.3, -0.25) is 9.78 Å². The fraction of sp³-hybridized carbons (Fsp3) is 0.500. The number of amides is 1. The average Bonchev–Trinajstić information content (AvgIpc) is 2.29. The molecule has 0 aliphatic heterocycles. The van der Waals surface area contributed by atoms with Crippen LogP contribution in [0.1, 0.15) is 24.6 Å². The Morgan fingerprint density at radius 2 is 2.25 bits per heavy atom. The zero-order valence-electron chi connectivity index (χ0n) is 9.92. The monoisotopic (exact) mass is 221 g/mol. The first-order valence-electron chi connectivity index (χ1n) is 5.61. The Bertz CT molecular complexity index is 322. The summed E-state index contributed by atoms with van der Waals surface area (Å²) >= 11 is 0. The summed E-state index contributed by atoms with van der Waals surface area (Å²) in [5.41, 5.74) is 2.01. The molecule has 0 radical (unpaired) electrons. The molecule has 1 amide bonds. The lowest BCUT2D eigenvalue weighted by molar-refractivity contribution is -0.120. The van der Waals surface area contributed by atoms with E-state index in [9.17, 15) is 4.79 Å². The normalized spacial score (nSPS) is 10.1. The SMILES string of the molecule is CCCNCC(=O)NCc1ccc(C)nc1. The Kier molecular flexibility index (Phi) is 5.50. The van der Waals surface area contributed by atoms with Crippen molar-refractivity contribution in [1.29, 1.82) is 0 Å². The fourth-order valence-corrected chi connectivity index (χ4v) is 1.24. The molecule has 0 atom stereocenters. The summed E-state index contributed by atoms with van der Waals surface area (Å²) in [5, 5.41) is 5.89. The fourth-order valence-electron chi connectivity index (χ4n) is 1.24. The number of aryl methyl sites for hydroxylation is 1. The Hall–Kier alpha value is -1.42. The number of pyridine rings is 1. The largest absolute Gasteiger partial charge is 0.351 e. The van der Waals surface area contributed by atoms with Gasteiger partial charge < -0.3 is 10.6 Å². The number of carbonyl (C=O) groups excluding carboxylic acids is 1. The van der Waals surface area contributed by atoms with Gasteiger partial charge in [-0.05, 0) is 31.5 Å². The van der Waals surface area contributed by atoms with Crippen molar-refractivity contribution in [1.82, 2.24) is 15.6 Å². The first-order chi connectivity index (χ1) is 7.72. The van der Waals surface area contributed by atoms with Crippen molar-refractivity contribution in [3.63, 3.8) is 0 Å². The number of nitrogens with zero attached hydrogens (tertiary/aromatic N) is 1. The van der Waals surface area contributed by atoms with Gasteiger partial charge in [-0.15, -0.1) is 0 Å². The highest BCUT2D eigenvalue weighted by molar-refractivity contribution is 5.77. The first-order valence-corrected chi connectivity index (χ1v) is 5.61. The van der Waals surface area contributed by atoms with Gasteiger partial charge in [0.05, 0.1) is 6.54 Å². The van der Waals surface area contributed by atoms with E-state index in [1.54, 1.807) is 6.20 Å². The molecule has 0 aliphatic carbocycles. The maximum atomic E-state index is 11.4. The van der Waals surface area contributed by atoms with Crippen LogP contribution in [0.25, 0.3) is 0 Å². The Balaban J connectivity index is 2.23. The third-order valence-corrected chi connectivity index (χ3v) is 2.17. The lowest BCUT2D eigenvalue weighted by Gasteiger charge is -2.06. The number of rotatable bonds is 6. The molecule has 0 spiro atoms. The summed E-state index contributed by atoms with van der Waals surface area (Å²) in [6.45, 7) is 5.81. The quantitative estimate of drug-likeness (QED) is 0.705. The molecular formula is C12H19N3O. The number of hydrogen-bond acceptors (Lipinski definition) is 3. The van der Waals surface area contributed by atoms with Gasteiger partial charge in [-0.2, -0.15) is 0 Å². The minimum absolute atomic E-state index is 0.0222. The zero-order chi connectivity index (χ0) is 11.8. The van der Waals surface area contributed by atoms with Gasteiger partial charge in [0, 0.05) is 18.4 Å². The molecule has 0 aromatic carbocycles. The molecule has 1 aromatic rings. The molecule has 1 heterocycles. The van der Waals surface area contributed by atoms with E-state index in [-0.39, 0.29) is 5.91 Å². The van der Waals surface area contributed by atoms with E-state index in [0.29, 0.717) is 13.1 Å². The van der Waals surface area contributed by atoms with Crippen molar-refractivity contribution < 1.29 is 4.79 Å². The van der Waals surface area contributed by atoms with Gasteiger partial charge in [0.1, 0.15) is 0 Å². The van der Waals surface area contributed by atoms with Gasteiger partial charge in [0.2, 0.25) is 5.91 Å². The van der Waals surface area contributed by atoms with E-state index in [2.05, 4.69) is 22.5 Å². The predicted octanol–water partition coefficient (Wildman–Crippen LogP) is 1.01. The van der Waals surface area contributed by atoms with Crippen LogP contribution in [0.3, 0.4) is 0 Å². The summed E-state index contributed by atoms with van der Waals surface area (Å²) in [5.74, 6) is 0.0222. The third-order valence-electron chi connectivity index (χ3n) is 2.17. The van der Waals surface area contributed by atoms with Crippen LogP contribution in [0.2, 0.25) is 0 Å². The smallest absolute Gasteiger partial charge is 0.234 e. The molecule has 1 rings (SSSR count). The summed E-state index contributed by atoms with van der Waals surface area (Å²) in [4.78, 5) is 15.5. The van der Waals surface area contributed by atoms with Crippen LogP contribution >= 0.6 is 0 Å². The second-order valence-electron chi connectivity index (χ2n) is 3.76. The second-order valence-corrected chi connectivity index (χ2v) is 3.76. The summed E-state index contributed by atoms with van der Waals surface area (Å²) in [6, 6.07) is 3.92. The molecule has 16 heavy (non-hydrogen) atoms. The van der Waals surface area contributed by atoms with Crippen molar-refractivity contribution in [3.05, 3.63) is 29.6 Å². The van der Waals surface area contributed by atoms with E-state index in [1.165, 1.54) is 0 Å². The third kappa shape index (κ3) is 4.89. The second kappa shape index (κ2) is 6.95. The van der Waals surface area contributed by atoms with Gasteiger partial charge in [-0.1, -0.05) is 13.0 Å². The molecule has 0 saturated heterocycles. The average molecular weight is 221 g/mol. The lowest BCUT2D eigenvalue weighted by Crippen LogP contribution is -2.33. The van der Waals surface area contributed by atoms with E-state index in [0.717, 1.165) is 24.2 Å². The molecule has 88 valence electrons. The summed E-state index contributed by atoms with van der Waals surface area (Å²) in [6.07, 6.45) is 2.82. The first kappa shape index (κ1) is 12.6. The van der Waals surface area contributed by atoms with Gasteiger partial charge in [0.25, 0.3) is 0 Å². The number of aromatic nitrogens is 1. The number of carbonyl (C=O) groups is 1. The van der Waals surface area contributed by atoms with Crippen LogP contribution in [-0.2, 0) is 11.3 Å². The summed E-state index contributed by atoms with van der Waals surface area (Å²) < 4.78 is 0. The van der Waals surface area contributed by atoms with Crippen molar-refractivity contribution >= 4 is 5.91 Å². The van der Waals surface area contributed by atoms with Crippen LogP contribution in [0, 0.1) is 6.92 Å². The lowest BCUT2D eigenvalue weighted by atomic mass is 10.2. The highest BCUT2D eigenvalue weighted by Crippen LogP contribution is 1.98. The van der Waals surface area contributed by atoms with Crippen LogP contribution in [0.15, 0.2) is 18.3 Å². The summed E-state index contributed by atoms with van der Waals surface area (Å²) in [7, 11) is 0. The Morgan fingerprint density at radius 3 is 2.88 bits per heavy atom. The molecule has 2 N–H and O–H groups in total. The van der Waals surface area contributed by atoms with Crippen molar-refractivity contribution in [2.24, 2.45) is 0 Å². The predicted molar refractivity (Wildman–Crippen MR) is 64.0 cm³/mol. The van der Waals surface area contributed by atoms with Crippen molar-refractivity contribution in [3.8, 4) is 0 Å². The Morgan fingerprint density at radius 1 is 1.44 bits per heavy atom. The molecule has 4 nitrogen and oxygen atoms in total. The topological polar surface area (TPSA) is 54.0 Å². The molecule has 1 aromatic heterocycles. The molecule has 0 aliphatic rings. The van der Waals surface area contributed by atoms with Crippen LogP contribution in [0.4, 0.5) is 0 Å². The number of nitrogens with one attached hydrogen (secondary N) is 2. The van der Waals surface area contributed by atoms with Gasteiger partial charge >= 0.3 is 0 Å². The highest BCUT2D eigenvalue weighted by atomic mass is 16.1. The van der Waals surface area contributed by atoms with E-state index in [1.807, 2.05) is 19.1 Å². The molecular weight excluding hydrogens is 202 g/mol. The van der Waals surface area contributed by atoms with Gasteiger partial charge in [-0.25, -0.2) is 0 Å². The van der Waals surface area contributed by atoms with Crippen LogP contribution < -0.4 is 10.6 Å². The van der Waals surface area contributed by atoms with E-state index >= 15 is 0 Å². The zero-order valence-corrected chi connectivity index (χ0v) is 9.92. The van der Waals surface area contributed by atoms with E-state index in [4.69, 9.17) is 0 Å². The van der Waals surface area contributed by atoms with Crippen LogP contribution in [-0.4, -0.2) is 24.0 Å². The Labute approximate surface area is 96.5 Å². The maximum absolute atomic E-state index is 11.4. The number of hydrogen-bond donors (Lipinski definition) is 2.